The number of carboxylic acid groups (broad SMARTS) is 1. The molecule has 20 heavy (non-hydrogen) atoms. The molecule has 0 radical (unpaired) electrons. The smallest absolute Gasteiger partial charge is 0.337 e. The van der Waals surface area contributed by atoms with Gasteiger partial charge < -0.3 is 15.7 Å². The van der Waals surface area contributed by atoms with Gasteiger partial charge in [-0.1, -0.05) is 31.4 Å². The highest BCUT2D eigenvalue weighted by Gasteiger charge is 2.29. The van der Waals surface area contributed by atoms with Gasteiger partial charge in [0.1, 0.15) is 0 Å². The molecule has 1 aliphatic rings. The minimum absolute atomic E-state index is 0.176. The quantitative estimate of drug-likeness (QED) is 0.836. The third-order valence-electron chi connectivity index (χ3n) is 4.23. The van der Waals surface area contributed by atoms with E-state index in [9.17, 15) is 9.90 Å². The largest absolute Gasteiger partial charge is 0.478 e. The Labute approximate surface area is 124 Å². The van der Waals surface area contributed by atoms with Gasteiger partial charge >= 0.3 is 5.97 Å². The number of carboxylic acids is 1. The van der Waals surface area contributed by atoms with Crippen LogP contribution in [0.15, 0.2) is 12.1 Å². The zero-order chi connectivity index (χ0) is 14.9. The van der Waals surface area contributed by atoms with E-state index in [2.05, 4.69) is 6.92 Å². The molecule has 0 saturated heterocycles. The zero-order valence-electron chi connectivity index (χ0n) is 11.9. The van der Waals surface area contributed by atoms with Gasteiger partial charge in [0.05, 0.1) is 16.3 Å². The molecule has 0 bridgehead atoms. The lowest BCUT2D eigenvalue weighted by molar-refractivity contribution is 0.0697. The Hall–Kier alpha value is -1.42. The summed E-state index contributed by atoms with van der Waals surface area (Å²) in [6.45, 7) is 2.21. The van der Waals surface area contributed by atoms with Crippen LogP contribution in [0.1, 0.15) is 43.0 Å². The summed E-state index contributed by atoms with van der Waals surface area (Å²) in [5, 5.41) is 9.79. The van der Waals surface area contributed by atoms with Crippen LogP contribution < -0.4 is 10.6 Å². The van der Waals surface area contributed by atoms with Crippen molar-refractivity contribution < 1.29 is 9.90 Å². The summed E-state index contributed by atoms with van der Waals surface area (Å²) < 4.78 is 0. The SMILES string of the molecule is CC1CCCCC1N(C)c1c(Cl)cc(N)cc1C(=O)O. The van der Waals surface area contributed by atoms with Crippen LogP contribution in [0.4, 0.5) is 11.4 Å². The van der Waals surface area contributed by atoms with E-state index in [1.54, 1.807) is 6.07 Å². The van der Waals surface area contributed by atoms with Crippen molar-refractivity contribution >= 4 is 28.9 Å². The maximum atomic E-state index is 11.5. The molecule has 0 spiro atoms. The highest BCUT2D eigenvalue weighted by molar-refractivity contribution is 6.34. The Morgan fingerprint density at radius 1 is 1.40 bits per heavy atom. The van der Waals surface area contributed by atoms with E-state index < -0.39 is 5.97 Å². The molecule has 5 heteroatoms. The minimum Gasteiger partial charge on any atom is -0.478 e. The Kier molecular flexibility index (Phi) is 4.43. The van der Waals surface area contributed by atoms with Crippen LogP contribution in [0.25, 0.3) is 0 Å². The van der Waals surface area contributed by atoms with Crippen LogP contribution in [0, 0.1) is 5.92 Å². The van der Waals surface area contributed by atoms with Gasteiger partial charge in [-0.3, -0.25) is 0 Å². The van der Waals surface area contributed by atoms with E-state index >= 15 is 0 Å². The van der Waals surface area contributed by atoms with Crippen molar-refractivity contribution in [3.63, 3.8) is 0 Å². The van der Waals surface area contributed by atoms with Gasteiger partial charge in [0, 0.05) is 18.8 Å². The van der Waals surface area contributed by atoms with Crippen LogP contribution in [-0.2, 0) is 0 Å². The summed E-state index contributed by atoms with van der Waals surface area (Å²) in [6.07, 6.45) is 4.66. The number of hydrogen-bond donors (Lipinski definition) is 2. The first-order valence-corrected chi connectivity index (χ1v) is 7.34. The summed E-state index contributed by atoms with van der Waals surface area (Å²) in [6, 6.07) is 3.42. The molecule has 2 rings (SSSR count). The Morgan fingerprint density at radius 2 is 2.05 bits per heavy atom. The van der Waals surface area contributed by atoms with E-state index in [-0.39, 0.29) is 5.56 Å². The van der Waals surface area contributed by atoms with Gasteiger partial charge in [0.2, 0.25) is 0 Å². The molecule has 0 aliphatic heterocycles. The number of nitrogens with two attached hydrogens (primary N) is 1. The number of rotatable bonds is 3. The topological polar surface area (TPSA) is 66.6 Å². The van der Waals surface area contributed by atoms with Crippen LogP contribution in [-0.4, -0.2) is 24.2 Å². The number of anilines is 2. The summed E-state index contributed by atoms with van der Waals surface area (Å²) in [5.41, 5.74) is 6.83. The van der Waals surface area contributed by atoms with Crippen molar-refractivity contribution in [2.75, 3.05) is 17.7 Å². The molecule has 2 atom stereocenters. The Balaban J connectivity index is 2.42. The molecule has 0 heterocycles. The first-order chi connectivity index (χ1) is 9.41. The zero-order valence-corrected chi connectivity index (χ0v) is 12.7. The minimum atomic E-state index is -0.996. The number of nitrogens with zero attached hydrogens (tertiary/aromatic N) is 1. The predicted molar refractivity (Wildman–Crippen MR) is 82.6 cm³/mol. The third kappa shape index (κ3) is 2.85. The summed E-state index contributed by atoms with van der Waals surface area (Å²) in [5.74, 6) is -0.464. The van der Waals surface area contributed by atoms with Gasteiger partial charge in [-0.25, -0.2) is 4.79 Å². The van der Waals surface area contributed by atoms with E-state index in [4.69, 9.17) is 17.3 Å². The standard InChI is InChI=1S/C15H21ClN2O2/c1-9-5-3-4-6-13(9)18(2)14-11(15(19)20)7-10(17)8-12(14)16/h7-9,13H,3-6,17H2,1-2H3,(H,19,20). The lowest BCUT2D eigenvalue weighted by Crippen LogP contribution is -2.39. The van der Waals surface area contributed by atoms with Gasteiger partial charge in [0.25, 0.3) is 0 Å². The predicted octanol–water partition coefficient (Wildman–Crippen LogP) is 3.64. The van der Waals surface area contributed by atoms with Crippen molar-refractivity contribution in [1.82, 2.24) is 0 Å². The fourth-order valence-electron chi connectivity index (χ4n) is 3.18. The van der Waals surface area contributed by atoms with Crippen molar-refractivity contribution in [1.29, 1.82) is 0 Å². The monoisotopic (exact) mass is 296 g/mol. The fourth-order valence-corrected chi connectivity index (χ4v) is 3.54. The van der Waals surface area contributed by atoms with E-state index in [1.807, 2.05) is 11.9 Å². The van der Waals surface area contributed by atoms with Crippen molar-refractivity contribution in [3.8, 4) is 0 Å². The average molecular weight is 297 g/mol. The first-order valence-electron chi connectivity index (χ1n) is 6.97. The molecular formula is C15H21ClN2O2. The third-order valence-corrected chi connectivity index (χ3v) is 4.52. The highest BCUT2D eigenvalue weighted by atomic mass is 35.5. The van der Waals surface area contributed by atoms with Gasteiger partial charge in [0.15, 0.2) is 0 Å². The van der Waals surface area contributed by atoms with Crippen LogP contribution in [0.5, 0.6) is 0 Å². The van der Waals surface area contributed by atoms with Gasteiger partial charge in [-0.15, -0.1) is 0 Å². The van der Waals surface area contributed by atoms with Crippen LogP contribution >= 0.6 is 11.6 Å². The second kappa shape index (κ2) is 5.92. The molecule has 3 N–H and O–H groups in total. The Bertz CT molecular complexity index is 519. The number of carbonyl (C=O) groups is 1. The summed E-state index contributed by atoms with van der Waals surface area (Å²) in [7, 11) is 1.93. The molecule has 110 valence electrons. The number of hydrogen-bond acceptors (Lipinski definition) is 3. The molecule has 1 aromatic rings. The molecule has 1 aromatic carbocycles. The Morgan fingerprint density at radius 3 is 2.65 bits per heavy atom. The molecule has 1 saturated carbocycles. The fraction of sp³-hybridized carbons (Fsp3) is 0.533. The second-order valence-corrected chi connectivity index (χ2v) is 6.05. The first kappa shape index (κ1) is 15.0. The summed E-state index contributed by atoms with van der Waals surface area (Å²) in [4.78, 5) is 13.5. The molecule has 1 aliphatic carbocycles. The van der Waals surface area contributed by atoms with Crippen molar-refractivity contribution in [3.05, 3.63) is 22.7 Å². The lowest BCUT2D eigenvalue weighted by atomic mass is 9.84. The van der Waals surface area contributed by atoms with Gasteiger partial charge in [-0.2, -0.15) is 0 Å². The van der Waals surface area contributed by atoms with Crippen LogP contribution in [0.2, 0.25) is 5.02 Å². The number of aromatic carboxylic acids is 1. The molecular weight excluding hydrogens is 276 g/mol. The van der Waals surface area contributed by atoms with E-state index in [0.29, 0.717) is 28.4 Å². The van der Waals surface area contributed by atoms with Gasteiger partial charge in [-0.05, 0) is 30.9 Å². The molecule has 1 fully saturated rings. The van der Waals surface area contributed by atoms with Crippen molar-refractivity contribution in [2.45, 2.75) is 38.6 Å². The highest BCUT2D eigenvalue weighted by Crippen LogP contribution is 2.37. The molecule has 0 amide bonds. The molecule has 0 aromatic heterocycles. The molecule has 4 nitrogen and oxygen atoms in total. The number of halogens is 1. The second-order valence-electron chi connectivity index (χ2n) is 5.64. The number of nitrogen functional groups attached to an aromatic ring is 1. The average Bonchev–Trinajstić information content (AvgIpc) is 2.37. The van der Waals surface area contributed by atoms with Crippen LogP contribution in [0.3, 0.4) is 0 Å². The maximum Gasteiger partial charge on any atom is 0.337 e. The number of benzene rings is 1. The summed E-state index contributed by atoms with van der Waals surface area (Å²) >= 11 is 6.26. The van der Waals surface area contributed by atoms with E-state index in [1.165, 1.54) is 25.3 Å². The molecule has 2 unspecified atom stereocenters. The maximum absolute atomic E-state index is 11.5. The normalized spacial score (nSPS) is 22.6. The van der Waals surface area contributed by atoms with E-state index in [0.717, 1.165) is 6.42 Å². The lowest BCUT2D eigenvalue weighted by Gasteiger charge is -2.38. The van der Waals surface area contributed by atoms with Crippen molar-refractivity contribution in [2.24, 2.45) is 5.92 Å².